The zero-order valence-corrected chi connectivity index (χ0v) is 7.02. The van der Waals surface area contributed by atoms with Crippen molar-refractivity contribution in [3.63, 3.8) is 0 Å². The highest BCUT2D eigenvalue weighted by Crippen LogP contribution is 2.00. The highest BCUT2D eigenvalue weighted by atomic mass is 14.9. The van der Waals surface area contributed by atoms with E-state index in [4.69, 9.17) is 5.73 Å². The summed E-state index contributed by atoms with van der Waals surface area (Å²) in [6.45, 7) is 9.77. The van der Waals surface area contributed by atoms with Crippen LogP contribution in [-0.2, 0) is 0 Å². The van der Waals surface area contributed by atoms with Crippen molar-refractivity contribution >= 4 is 5.84 Å². The number of nitrogens with zero attached hydrogens (tertiary/aromatic N) is 1. The van der Waals surface area contributed by atoms with Crippen molar-refractivity contribution in [1.29, 1.82) is 0 Å². The zero-order valence-electron chi connectivity index (χ0n) is 7.02. The number of amidine groups is 1. The fraction of sp³-hybridized carbons (Fsp3) is 0.625. The molecule has 10 heavy (non-hydrogen) atoms. The second kappa shape index (κ2) is 4.09. The number of aliphatic imine (C=N–C) groups is 1. The standard InChI is InChI=1S/C8H16N2/c1-5-7(4)10-8(9)6(2)3/h6H,4-5H2,1-3H3,(H2,9,10). The summed E-state index contributed by atoms with van der Waals surface area (Å²) in [5.41, 5.74) is 6.44. The Hall–Kier alpha value is -0.790. The van der Waals surface area contributed by atoms with Crippen LogP contribution in [0.5, 0.6) is 0 Å². The van der Waals surface area contributed by atoms with Crippen molar-refractivity contribution in [1.82, 2.24) is 0 Å². The van der Waals surface area contributed by atoms with E-state index in [1.165, 1.54) is 0 Å². The van der Waals surface area contributed by atoms with Crippen molar-refractivity contribution in [2.24, 2.45) is 16.6 Å². The zero-order chi connectivity index (χ0) is 8.15. The van der Waals surface area contributed by atoms with Crippen molar-refractivity contribution in [3.8, 4) is 0 Å². The van der Waals surface area contributed by atoms with E-state index in [0.717, 1.165) is 12.1 Å². The van der Waals surface area contributed by atoms with E-state index in [2.05, 4.69) is 11.6 Å². The van der Waals surface area contributed by atoms with Crippen LogP contribution < -0.4 is 5.73 Å². The second-order valence-electron chi connectivity index (χ2n) is 2.61. The first-order valence-corrected chi connectivity index (χ1v) is 3.59. The number of hydrogen-bond donors (Lipinski definition) is 1. The van der Waals surface area contributed by atoms with Crippen LogP contribution in [0.15, 0.2) is 17.3 Å². The first-order chi connectivity index (χ1) is 4.57. The molecule has 0 aliphatic carbocycles. The van der Waals surface area contributed by atoms with Crippen molar-refractivity contribution < 1.29 is 0 Å². The molecule has 0 aliphatic rings. The molecule has 0 heterocycles. The quantitative estimate of drug-likeness (QED) is 0.472. The predicted octanol–water partition coefficient (Wildman–Crippen LogP) is 1.92. The van der Waals surface area contributed by atoms with Gasteiger partial charge in [-0.15, -0.1) is 0 Å². The SMILES string of the molecule is C=C(CC)N=C(N)C(C)C. The van der Waals surface area contributed by atoms with Crippen LogP contribution in [0, 0.1) is 5.92 Å². The van der Waals surface area contributed by atoms with Crippen LogP contribution in [-0.4, -0.2) is 5.84 Å². The molecule has 0 aromatic carbocycles. The fourth-order valence-electron chi connectivity index (χ4n) is 0.391. The Morgan fingerprint density at radius 2 is 2.10 bits per heavy atom. The largest absolute Gasteiger partial charge is 0.387 e. The van der Waals surface area contributed by atoms with E-state index in [0.29, 0.717) is 11.8 Å². The van der Waals surface area contributed by atoms with Crippen LogP contribution in [0.4, 0.5) is 0 Å². The molecule has 0 aromatic heterocycles. The van der Waals surface area contributed by atoms with Gasteiger partial charge in [-0.25, -0.2) is 4.99 Å². The summed E-state index contributed by atoms with van der Waals surface area (Å²) in [7, 11) is 0. The molecule has 0 radical (unpaired) electrons. The Bertz CT molecular complexity index is 145. The maximum atomic E-state index is 5.58. The third kappa shape index (κ3) is 3.28. The average molecular weight is 140 g/mol. The van der Waals surface area contributed by atoms with Gasteiger partial charge < -0.3 is 5.73 Å². The summed E-state index contributed by atoms with van der Waals surface area (Å²) < 4.78 is 0. The monoisotopic (exact) mass is 140 g/mol. The molecule has 0 aromatic rings. The molecule has 0 saturated carbocycles. The van der Waals surface area contributed by atoms with Gasteiger partial charge in [-0.2, -0.15) is 0 Å². The molecule has 0 atom stereocenters. The van der Waals surface area contributed by atoms with Gasteiger partial charge in [0.1, 0.15) is 5.84 Å². The van der Waals surface area contributed by atoms with Gasteiger partial charge >= 0.3 is 0 Å². The number of allylic oxidation sites excluding steroid dienone is 1. The number of hydrogen-bond acceptors (Lipinski definition) is 1. The lowest BCUT2D eigenvalue weighted by atomic mass is 10.2. The Labute approximate surface area is 62.8 Å². The molecule has 0 amide bonds. The van der Waals surface area contributed by atoms with E-state index in [9.17, 15) is 0 Å². The highest BCUT2D eigenvalue weighted by Gasteiger charge is 1.97. The van der Waals surface area contributed by atoms with E-state index in [1.807, 2.05) is 20.8 Å². The predicted molar refractivity (Wildman–Crippen MR) is 45.9 cm³/mol. The van der Waals surface area contributed by atoms with Gasteiger partial charge in [0.05, 0.1) is 0 Å². The molecule has 0 bridgehead atoms. The Morgan fingerprint density at radius 3 is 2.40 bits per heavy atom. The first-order valence-electron chi connectivity index (χ1n) is 3.59. The summed E-state index contributed by atoms with van der Waals surface area (Å²) in [4.78, 5) is 4.09. The summed E-state index contributed by atoms with van der Waals surface area (Å²) in [6.07, 6.45) is 0.868. The lowest BCUT2D eigenvalue weighted by Gasteiger charge is -2.03. The van der Waals surface area contributed by atoms with Gasteiger partial charge in [0.2, 0.25) is 0 Å². The highest BCUT2D eigenvalue weighted by molar-refractivity contribution is 5.82. The summed E-state index contributed by atoms with van der Waals surface area (Å²) in [6, 6.07) is 0. The third-order valence-electron chi connectivity index (χ3n) is 1.29. The van der Waals surface area contributed by atoms with Gasteiger partial charge in [0, 0.05) is 11.6 Å². The molecular formula is C8H16N2. The van der Waals surface area contributed by atoms with Crippen LogP contribution in [0.3, 0.4) is 0 Å². The van der Waals surface area contributed by atoms with Gasteiger partial charge in [0.15, 0.2) is 0 Å². The third-order valence-corrected chi connectivity index (χ3v) is 1.29. The molecule has 2 nitrogen and oxygen atoms in total. The number of rotatable bonds is 3. The number of nitrogens with two attached hydrogens (primary N) is 1. The molecule has 2 heteroatoms. The molecular weight excluding hydrogens is 124 g/mol. The minimum absolute atomic E-state index is 0.322. The summed E-state index contributed by atoms with van der Waals surface area (Å²) in [5.74, 6) is 0.996. The second-order valence-corrected chi connectivity index (χ2v) is 2.61. The van der Waals surface area contributed by atoms with Crippen molar-refractivity contribution in [2.75, 3.05) is 0 Å². The van der Waals surface area contributed by atoms with Gasteiger partial charge in [0.25, 0.3) is 0 Å². The van der Waals surface area contributed by atoms with Gasteiger partial charge in [-0.1, -0.05) is 27.4 Å². The van der Waals surface area contributed by atoms with Gasteiger partial charge in [-0.3, -0.25) is 0 Å². The fourth-order valence-corrected chi connectivity index (χ4v) is 0.391. The van der Waals surface area contributed by atoms with Crippen LogP contribution >= 0.6 is 0 Å². The topological polar surface area (TPSA) is 38.4 Å². The lowest BCUT2D eigenvalue weighted by Crippen LogP contribution is -2.18. The summed E-state index contributed by atoms with van der Waals surface area (Å²) >= 11 is 0. The molecule has 0 fully saturated rings. The van der Waals surface area contributed by atoms with E-state index >= 15 is 0 Å². The maximum absolute atomic E-state index is 5.58. The van der Waals surface area contributed by atoms with Crippen LogP contribution in [0.25, 0.3) is 0 Å². The van der Waals surface area contributed by atoms with Crippen molar-refractivity contribution in [3.05, 3.63) is 12.3 Å². The van der Waals surface area contributed by atoms with E-state index in [-0.39, 0.29) is 0 Å². The molecule has 0 rings (SSSR count). The molecule has 0 saturated heterocycles. The average Bonchev–Trinajstić information content (AvgIpc) is 1.87. The van der Waals surface area contributed by atoms with Crippen molar-refractivity contribution in [2.45, 2.75) is 27.2 Å². The Kier molecular flexibility index (Phi) is 3.77. The molecule has 0 unspecified atom stereocenters. The first kappa shape index (κ1) is 9.21. The van der Waals surface area contributed by atoms with E-state index in [1.54, 1.807) is 0 Å². The van der Waals surface area contributed by atoms with Gasteiger partial charge in [-0.05, 0) is 6.42 Å². The van der Waals surface area contributed by atoms with Crippen LogP contribution in [0.1, 0.15) is 27.2 Å². The smallest absolute Gasteiger partial charge is 0.102 e. The Morgan fingerprint density at radius 1 is 1.60 bits per heavy atom. The van der Waals surface area contributed by atoms with Crippen LogP contribution in [0.2, 0.25) is 0 Å². The molecule has 58 valence electrons. The van der Waals surface area contributed by atoms with E-state index < -0.39 is 0 Å². The molecule has 0 aliphatic heterocycles. The molecule has 0 spiro atoms. The lowest BCUT2D eigenvalue weighted by molar-refractivity contribution is 0.865. The molecule has 2 N–H and O–H groups in total. The minimum Gasteiger partial charge on any atom is -0.387 e. The maximum Gasteiger partial charge on any atom is 0.102 e. The minimum atomic E-state index is 0.322. The summed E-state index contributed by atoms with van der Waals surface area (Å²) in [5, 5.41) is 0. The Balaban J connectivity index is 4.03. The normalized spacial score (nSPS) is 12.2.